The zero-order valence-corrected chi connectivity index (χ0v) is 10.7. The van der Waals surface area contributed by atoms with Crippen LogP contribution in [0.15, 0.2) is 6.20 Å². The third kappa shape index (κ3) is 3.78. The number of nitrogens with one attached hydrogen (secondary N) is 1. The van der Waals surface area contributed by atoms with Crippen molar-refractivity contribution < 1.29 is 4.74 Å². The Labute approximate surface area is 103 Å². The summed E-state index contributed by atoms with van der Waals surface area (Å²) in [5.41, 5.74) is 1.05. The number of ether oxygens (including phenoxy) is 1. The van der Waals surface area contributed by atoms with Gasteiger partial charge in [0.2, 0.25) is 0 Å². The van der Waals surface area contributed by atoms with Crippen LogP contribution in [0, 0.1) is 0 Å². The zero-order valence-electron chi connectivity index (χ0n) is 10.7. The van der Waals surface area contributed by atoms with Crippen LogP contribution in [-0.2, 0) is 18.2 Å². The molecule has 1 fully saturated rings. The smallest absolute Gasteiger partial charge is 0.0842 e. The zero-order chi connectivity index (χ0) is 12.1. The summed E-state index contributed by atoms with van der Waals surface area (Å²) in [6.07, 6.45) is 6.82. The predicted molar refractivity (Wildman–Crippen MR) is 65.8 cm³/mol. The van der Waals surface area contributed by atoms with E-state index in [9.17, 15) is 0 Å². The van der Waals surface area contributed by atoms with Crippen LogP contribution < -0.4 is 5.32 Å². The minimum Gasteiger partial charge on any atom is -0.378 e. The second-order valence-corrected chi connectivity index (χ2v) is 4.71. The van der Waals surface area contributed by atoms with Gasteiger partial charge < -0.3 is 10.1 Å². The molecule has 0 aromatic carbocycles. The second kappa shape index (κ2) is 6.12. The number of rotatable bonds is 6. The molecule has 1 aromatic rings. The molecule has 1 aliphatic heterocycles. The molecule has 2 rings (SSSR count). The van der Waals surface area contributed by atoms with Gasteiger partial charge >= 0.3 is 0 Å². The lowest BCUT2D eigenvalue weighted by Gasteiger charge is -2.20. The lowest BCUT2D eigenvalue weighted by molar-refractivity contribution is 0.0947. The van der Waals surface area contributed by atoms with Crippen LogP contribution in [-0.4, -0.2) is 40.3 Å². The van der Waals surface area contributed by atoms with Crippen molar-refractivity contribution in [3.63, 3.8) is 0 Å². The molecule has 0 aliphatic carbocycles. The van der Waals surface area contributed by atoms with Gasteiger partial charge in [-0.15, -0.1) is 5.10 Å². The quantitative estimate of drug-likeness (QED) is 0.800. The first-order chi connectivity index (χ1) is 8.28. The van der Waals surface area contributed by atoms with Gasteiger partial charge in [0.05, 0.1) is 11.8 Å². The second-order valence-electron chi connectivity index (χ2n) is 4.71. The number of hydrogen-bond donors (Lipinski definition) is 1. The van der Waals surface area contributed by atoms with E-state index in [1.165, 1.54) is 12.8 Å². The van der Waals surface area contributed by atoms with Gasteiger partial charge in [0.15, 0.2) is 0 Å². The molecule has 0 spiro atoms. The standard InChI is InChI=1S/C12H22N4O/c1-3-13-10(8-12-5-4-6-17-12)7-11-9-16(2)15-14-11/h9-10,12-13H,3-8H2,1-2H3. The molecule has 2 atom stereocenters. The van der Waals surface area contributed by atoms with Gasteiger partial charge in [-0.1, -0.05) is 12.1 Å². The number of hydrogen-bond acceptors (Lipinski definition) is 4. The maximum atomic E-state index is 5.69. The first-order valence-electron chi connectivity index (χ1n) is 6.48. The Morgan fingerprint density at radius 2 is 2.53 bits per heavy atom. The monoisotopic (exact) mass is 238 g/mol. The molecule has 5 nitrogen and oxygen atoms in total. The summed E-state index contributed by atoms with van der Waals surface area (Å²) >= 11 is 0. The van der Waals surface area contributed by atoms with Crippen molar-refractivity contribution in [2.24, 2.45) is 7.05 Å². The van der Waals surface area contributed by atoms with E-state index in [-0.39, 0.29) is 0 Å². The Bertz CT molecular complexity index is 333. The van der Waals surface area contributed by atoms with Crippen LogP contribution in [0.2, 0.25) is 0 Å². The molecule has 2 unspecified atom stereocenters. The molecule has 0 saturated carbocycles. The molecule has 0 radical (unpaired) electrons. The molecular formula is C12H22N4O. The molecule has 1 aliphatic rings. The van der Waals surface area contributed by atoms with E-state index in [4.69, 9.17) is 4.74 Å². The van der Waals surface area contributed by atoms with Gasteiger partial charge in [0, 0.05) is 32.3 Å². The predicted octanol–water partition coefficient (Wildman–Crippen LogP) is 0.905. The van der Waals surface area contributed by atoms with Gasteiger partial charge in [0.1, 0.15) is 0 Å². The van der Waals surface area contributed by atoms with Gasteiger partial charge in [-0.2, -0.15) is 0 Å². The summed E-state index contributed by atoms with van der Waals surface area (Å²) in [5, 5.41) is 11.6. The van der Waals surface area contributed by atoms with E-state index in [0.717, 1.165) is 31.7 Å². The van der Waals surface area contributed by atoms with Crippen LogP contribution in [0.3, 0.4) is 0 Å². The van der Waals surface area contributed by atoms with Gasteiger partial charge in [-0.3, -0.25) is 4.68 Å². The third-order valence-corrected chi connectivity index (χ3v) is 3.17. The minimum absolute atomic E-state index is 0.427. The van der Waals surface area contributed by atoms with Crippen molar-refractivity contribution in [2.75, 3.05) is 13.2 Å². The summed E-state index contributed by atoms with van der Waals surface area (Å²) < 4.78 is 7.45. The van der Waals surface area contributed by atoms with Crippen molar-refractivity contribution in [3.05, 3.63) is 11.9 Å². The molecule has 0 amide bonds. The number of likely N-dealkylation sites (N-methyl/N-ethyl adjacent to an activating group) is 1. The number of aryl methyl sites for hydroxylation is 1. The maximum absolute atomic E-state index is 5.69. The van der Waals surface area contributed by atoms with E-state index in [1.807, 2.05) is 13.2 Å². The summed E-state index contributed by atoms with van der Waals surface area (Å²) in [6, 6.07) is 0.444. The van der Waals surface area contributed by atoms with E-state index in [0.29, 0.717) is 12.1 Å². The van der Waals surface area contributed by atoms with E-state index >= 15 is 0 Å². The average molecular weight is 238 g/mol. The Balaban J connectivity index is 1.87. The molecule has 2 heterocycles. The third-order valence-electron chi connectivity index (χ3n) is 3.17. The molecular weight excluding hydrogens is 216 g/mol. The van der Waals surface area contributed by atoms with Crippen LogP contribution in [0.5, 0.6) is 0 Å². The minimum atomic E-state index is 0.427. The fourth-order valence-corrected chi connectivity index (χ4v) is 2.42. The Morgan fingerprint density at radius 1 is 1.65 bits per heavy atom. The molecule has 5 heteroatoms. The average Bonchev–Trinajstić information content (AvgIpc) is 2.91. The number of nitrogens with zero attached hydrogens (tertiary/aromatic N) is 3. The maximum Gasteiger partial charge on any atom is 0.0842 e. The van der Waals surface area contributed by atoms with E-state index < -0.39 is 0 Å². The summed E-state index contributed by atoms with van der Waals surface area (Å²) in [5.74, 6) is 0. The summed E-state index contributed by atoms with van der Waals surface area (Å²) in [6.45, 7) is 4.05. The van der Waals surface area contributed by atoms with Crippen LogP contribution >= 0.6 is 0 Å². The van der Waals surface area contributed by atoms with Crippen LogP contribution in [0.1, 0.15) is 31.9 Å². The highest BCUT2D eigenvalue weighted by atomic mass is 16.5. The molecule has 96 valence electrons. The lowest BCUT2D eigenvalue weighted by atomic mass is 10.0. The molecule has 17 heavy (non-hydrogen) atoms. The van der Waals surface area contributed by atoms with Crippen molar-refractivity contribution in [1.82, 2.24) is 20.3 Å². The van der Waals surface area contributed by atoms with Crippen molar-refractivity contribution >= 4 is 0 Å². The normalized spacial score (nSPS) is 21.9. The highest BCUT2D eigenvalue weighted by Crippen LogP contribution is 2.18. The molecule has 0 bridgehead atoms. The van der Waals surface area contributed by atoms with E-state index in [1.54, 1.807) is 4.68 Å². The first-order valence-corrected chi connectivity index (χ1v) is 6.48. The summed E-state index contributed by atoms with van der Waals surface area (Å²) in [7, 11) is 1.90. The Kier molecular flexibility index (Phi) is 4.50. The van der Waals surface area contributed by atoms with Gasteiger partial charge in [-0.05, 0) is 25.8 Å². The number of aromatic nitrogens is 3. The molecule has 1 saturated heterocycles. The molecule has 1 aromatic heterocycles. The van der Waals surface area contributed by atoms with Crippen molar-refractivity contribution in [2.45, 2.75) is 44.8 Å². The topological polar surface area (TPSA) is 52.0 Å². The van der Waals surface area contributed by atoms with Crippen LogP contribution in [0.4, 0.5) is 0 Å². The fourth-order valence-electron chi connectivity index (χ4n) is 2.42. The summed E-state index contributed by atoms with van der Waals surface area (Å²) in [4.78, 5) is 0. The largest absolute Gasteiger partial charge is 0.378 e. The van der Waals surface area contributed by atoms with Crippen LogP contribution in [0.25, 0.3) is 0 Å². The Hall–Kier alpha value is -0.940. The van der Waals surface area contributed by atoms with E-state index in [2.05, 4.69) is 22.6 Å². The lowest BCUT2D eigenvalue weighted by Crippen LogP contribution is -2.34. The van der Waals surface area contributed by atoms with Crippen molar-refractivity contribution in [3.8, 4) is 0 Å². The Morgan fingerprint density at radius 3 is 3.12 bits per heavy atom. The highest BCUT2D eigenvalue weighted by molar-refractivity contribution is 4.96. The fraction of sp³-hybridized carbons (Fsp3) is 0.833. The first kappa shape index (κ1) is 12.5. The molecule has 1 N–H and O–H groups in total. The SMILES string of the molecule is CCNC(Cc1cn(C)nn1)CC1CCCO1. The highest BCUT2D eigenvalue weighted by Gasteiger charge is 2.21. The van der Waals surface area contributed by atoms with Gasteiger partial charge in [0.25, 0.3) is 0 Å². The van der Waals surface area contributed by atoms with Crippen molar-refractivity contribution in [1.29, 1.82) is 0 Å². The van der Waals surface area contributed by atoms with Gasteiger partial charge in [-0.25, -0.2) is 0 Å².